The molecule has 0 spiro atoms. The van der Waals surface area contributed by atoms with Crippen LogP contribution in [0.15, 0.2) is 42.6 Å². The van der Waals surface area contributed by atoms with Gasteiger partial charge in [-0.05, 0) is 48.9 Å². The summed E-state index contributed by atoms with van der Waals surface area (Å²) in [6.45, 7) is 1.29. The maximum atomic E-state index is 12.7. The van der Waals surface area contributed by atoms with Gasteiger partial charge in [0.25, 0.3) is 5.91 Å². The standard InChI is InChI=1S/C19H22N2O3S/c1-25-13-14-4-2-5-15(12-14)18(22)20-10-7-16(8-11-20)21-9-3-6-17(21)19(23)24/h2-6,9,12,16H,7-8,10-11,13H2,1H3,(H,23,24). The van der Waals surface area contributed by atoms with Crippen LogP contribution in [0.3, 0.4) is 0 Å². The third-order valence-electron chi connectivity index (χ3n) is 4.63. The summed E-state index contributed by atoms with van der Waals surface area (Å²) in [7, 11) is 0. The normalized spacial score (nSPS) is 15.3. The average Bonchev–Trinajstić information content (AvgIpc) is 3.12. The molecule has 0 unspecified atom stereocenters. The predicted molar refractivity (Wildman–Crippen MR) is 99.2 cm³/mol. The molecule has 1 aromatic carbocycles. The van der Waals surface area contributed by atoms with E-state index >= 15 is 0 Å². The zero-order valence-corrected chi connectivity index (χ0v) is 15.0. The first-order valence-electron chi connectivity index (χ1n) is 8.37. The molecule has 0 saturated carbocycles. The van der Waals surface area contributed by atoms with Crippen LogP contribution in [0.25, 0.3) is 0 Å². The molecule has 1 aliphatic rings. The Hall–Kier alpha value is -2.21. The van der Waals surface area contributed by atoms with Gasteiger partial charge in [-0.15, -0.1) is 0 Å². The van der Waals surface area contributed by atoms with E-state index < -0.39 is 5.97 Å². The van der Waals surface area contributed by atoms with Gasteiger partial charge in [0, 0.05) is 36.6 Å². The number of thioether (sulfide) groups is 1. The van der Waals surface area contributed by atoms with Crippen molar-refractivity contribution in [1.82, 2.24) is 9.47 Å². The minimum Gasteiger partial charge on any atom is -0.477 e. The molecule has 2 aromatic rings. The Labute approximate surface area is 151 Å². The monoisotopic (exact) mass is 358 g/mol. The van der Waals surface area contributed by atoms with Crippen molar-refractivity contribution in [3.8, 4) is 0 Å². The highest BCUT2D eigenvalue weighted by molar-refractivity contribution is 7.97. The molecule has 5 nitrogen and oxygen atoms in total. The number of rotatable bonds is 5. The van der Waals surface area contributed by atoms with E-state index in [0.717, 1.165) is 29.7 Å². The first-order chi connectivity index (χ1) is 12.1. The predicted octanol–water partition coefficient (Wildman–Crippen LogP) is 3.53. The van der Waals surface area contributed by atoms with Crippen LogP contribution in [0.2, 0.25) is 0 Å². The SMILES string of the molecule is CSCc1cccc(C(=O)N2CCC(n3cccc3C(=O)O)CC2)c1. The van der Waals surface area contributed by atoms with Crippen LogP contribution >= 0.6 is 11.8 Å². The molecule has 2 heterocycles. The summed E-state index contributed by atoms with van der Waals surface area (Å²) >= 11 is 1.74. The van der Waals surface area contributed by atoms with Crippen molar-refractivity contribution >= 4 is 23.6 Å². The molecule has 1 aliphatic heterocycles. The third-order valence-corrected chi connectivity index (χ3v) is 5.25. The number of aromatic nitrogens is 1. The summed E-state index contributed by atoms with van der Waals surface area (Å²) in [6, 6.07) is 11.3. The second-order valence-electron chi connectivity index (χ2n) is 6.26. The van der Waals surface area contributed by atoms with Crippen molar-refractivity contribution in [1.29, 1.82) is 0 Å². The summed E-state index contributed by atoms with van der Waals surface area (Å²) in [5.41, 5.74) is 2.21. The molecular weight excluding hydrogens is 336 g/mol. The molecule has 0 bridgehead atoms. The second-order valence-corrected chi connectivity index (χ2v) is 7.13. The van der Waals surface area contributed by atoms with Crippen LogP contribution in [-0.4, -0.2) is 45.8 Å². The summed E-state index contributed by atoms with van der Waals surface area (Å²) in [5, 5.41) is 9.26. The largest absolute Gasteiger partial charge is 0.477 e. The van der Waals surface area contributed by atoms with Crippen LogP contribution in [0.5, 0.6) is 0 Å². The molecule has 1 saturated heterocycles. The number of aromatic carboxylic acids is 1. The fourth-order valence-electron chi connectivity index (χ4n) is 3.38. The van der Waals surface area contributed by atoms with Gasteiger partial charge in [-0.1, -0.05) is 12.1 Å². The number of carbonyl (C=O) groups is 2. The van der Waals surface area contributed by atoms with Gasteiger partial charge in [0.15, 0.2) is 0 Å². The molecule has 1 fully saturated rings. The molecule has 0 aliphatic carbocycles. The molecule has 1 amide bonds. The van der Waals surface area contributed by atoms with Crippen molar-refractivity contribution in [3.63, 3.8) is 0 Å². The van der Waals surface area contributed by atoms with E-state index in [9.17, 15) is 14.7 Å². The Morgan fingerprint density at radius 1 is 1.20 bits per heavy atom. The lowest BCUT2D eigenvalue weighted by molar-refractivity contribution is 0.0650. The fraction of sp³-hybridized carbons (Fsp3) is 0.368. The summed E-state index contributed by atoms with van der Waals surface area (Å²) < 4.78 is 1.82. The number of hydrogen-bond acceptors (Lipinski definition) is 3. The molecule has 1 N–H and O–H groups in total. The Balaban J connectivity index is 1.66. The molecule has 6 heteroatoms. The van der Waals surface area contributed by atoms with Gasteiger partial charge in [0.1, 0.15) is 5.69 Å². The molecule has 0 atom stereocenters. The maximum absolute atomic E-state index is 12.7. The highest BCUT2D eigenvalue weighted by atomic mass is 32.2. The minimum absolute atomic E-state index is 0.0624. The quantitative estimate of drug-likeness (QED) is 0.888. The van der Waals surface area contributed by atoms with Crippen molar-refractivity contribution in [2.75, 3.05) is 19.3 Å². The molecule has 0 radical (unpaired) electrons. The van der Waals surface area contributed by atoms with Crippen LogP contribution in [-0.2, 0) is 5.75 Å². The van der Waals surface area contributed by atoms with Gasteiger partial charge >= 0.3 is 5.97 Å². The average molecular weight is 358 g/mol. The number of piperidine rings is 1. The Morgan fingerprint density at radius 3 is 2.64 bits per heavy atom. The highest BCUT2D eigenvalue weighted by Gasteiger charge is 2.26. The van der Waals surface area contributed by atoms with Crippen molar-refractivity contribution in [2.24, 2.45) is 0 Å². The smallest absolute Gasteiger partial charge is 0.352 e. The summed E-state index contributed by atoms with van der Waals surface area (Å²) in [5.74, 6) is 0.0518. The molecule has 132 valence electrons. The number of nitrogens with zero attached hydrogens (tertiary/aromatic N) is 2. The zero-order chi connectivity index (χ0) is 17.8. The Morgan fingerprint density at radius 2 is 1.96 bits per heavy atom. The molecule has 3 rings (SSSR count). The second kappa shape index (κ2) is 7.78. The molecule has 25 heavy (non-hydrogen) atoms. The van der Waals surface area contributed by atoms with Gasteiger partial charge in [-0.2, -0.15) is 11.8 Å². The number of likely N-dealkylation sites (tertiary alicyclic amines) is 1. The van der Waals surface area contributed by atoms with Gasteiger partial charge in [-0.25, -0.2) is 4.79 Å². The first-order valence-corrected chi connectivity index (χ1v) is 9.77. The number of amides is 1. The topological polar surface area (TPSA) is 62.5 Å². The molecular formula is C19H22N2O3S. The van der Waals surface area contributed by atoms with Crippen LogP contribution < -0.4 is 0 Å². The van der Waals surface area contributed by atoms with Crippen molar-refractivity contribution in [3.05, 3.63) is 59.4 Å². The van der Waals surface area contributed by atoms with Gasteiger partial charge in [0.05, 0.1) is 0 Å². The van der Waals surface area contributed by atoms with Crippen molar-refractivity contribution in [2.45, 2.75) is 24.6 Å². The van der Waals surface area contributed by atoms with E-state index in [1.807, 2.05) is 46.2 Å². The lowest BCUT2D eigenvalue weighted by atomic mass is 10.0. The lowest BCUT2D eigenvalue weighted by Gasteiger charge is -2.33. The van der Waals surface area contributed by atoms with Gasteiger partial charge in [-0.3, -0.25) is 4.79 Å². The number of carbonyl (C=O) groups excluding carboxylic acids is 1. The van der Waals surface area contributed by atoms with E-state index in [2.05, 4.69) is 0 Å². The zero-order valence-electron chi connectivity index (χ0n) is 14.2. The van der Waals surface area contributed by atoms with E-state index in [-0.39, 0.29) is 11.9 Å². The van der Waals surface area contributed by atoms with Gasteiger partial charge < -0.3 is 14.6 Å². The Bertz CT molecular complexity index is 764. The lowest BCUT2D eigenvalue weighted by Crippen LogP contribution is -2.39. The minimum atomic E-state index is -0.908. The maximum Gasteiger partial charge on any atom is 0.352 e. The summed E-state index contributed by atoms with van der Waals surface area (Å²) in [6.07, 6.45) is 5.40. The number of benzene rings is 1. The van der Waals surface area contributed by atoms with Crippen molar-refractivity contribution < 1.29 is 14.7 Å². The van der Waals surface area contributed by atoms with E-state index in [1.165, 1.54) is 0 Å². The summed E-state index contributed by atoms with van der Waals surface area (Å²) in [4.78, 5) is 25.9. The van der Waals surface area contributed by atoms with Crippen LogP contribution in [0.4, 0.5) is 0 Å². The van der Waals surface area contributed by atoms with E-state index in [0.29, 0.717) is 18.8 Å². The van der Waals surface area contributed by atoms with Crippen LogP contribution in [0.1, 0.15) is 45.3 Å². The number of carboxylic acids is 1. The first kappa shape index (κ1) is 17.6. The van der Waals surface area contributed by atoms with Crippen LogP contribution in [0, 0.1) is 0 Å². The fourth-order valence-corrected chi connectivity index (χ4v) is 3.90. The molecule has 1 aromatic heterocycles. The van der Waals surface area contributed by atoms with E-state index in [4.69, 9.17) is 0 Å². The third kappa shape index (κ3) is 3.90. The van der Waals surface area contributed by atoms with E-state index in [1.54, 1.807) is 23.9 Å². The number of hydrogen-bond donors (Lipinski definition) is 1. The Kier molecular flexibility index (Phi) is 5.48. The number of carboxylic acid groups (broad SMARTS) is 1. The van der Waals surface area contributed by atoms with Gasteiger partial charge in [0.2, 0.25) is 0 Å². The highest BCUT2D eigenvalue weighted by Crippen LogP contribution is 2.26.